The van der Waals surface area contributed by atoms with Crippen molar-refractivity contribution in [1.82, 2.24) is 24.1 Å². The number of hydrogen-bond donors (Lipinski definition) is 0. The highest BCUT2D eigenvalue weighted by Crippen LogP contribution is 2.24. The number of carbonyl (C=O) groups excluding carboxylic acids is 1. The van der Waals surface area contributed by atoms with Gasteiger partial charge >= 0.3 is 0 Å². The van der Waals surface area contributed by atoms with Crippen molar-refractivity contribution in [2.24, 2.45) is 0 Å². The molecule has 1 saturated carbocycles. The maximum Gasteiger partial charge on any atom is 0.274 e. The zero-order valence-electron chi connectivity index (χ0n) is 17.6. The molecule has 2 fully saturated rings. The van der Waals surface area contributed by atoms with Crippen molar-refractivity contribution in [1.29, 1.82) is 0 Å². The Morgan fingerprint density at radius 3 is 2.69 bits per heavy atom. The molecule has 0 N–H and O–H groups in total. The van der Waals surface area contributed by atoms with E-state index in [1.54, 1.807) is 0 Å². The highest BCUT2D eigenvalue weighted by molar-refractivity contribution is 5.94. The van der Waals surface area contributed by atoms with Crippen LogP contribution in [0.4, 0.5) is 0 Å². The summed E-state index contributed by atoms with van der Waals surface area (Å²) in [4.78, 5) is 24.9. The smallest absolute Gasteiger partial charge is 0.274 e. The van der Waals surface area contributed by atoms with Crippen molar-refractivity contribution < 1.29 is 4.79 Å². The van der Waals surface area contributed by atoms with Crippen molar-refractivity contribution in [3.8, 4) is 0 Å². The molecular formula is C23H33N5O. The van der Waals surface area contributed by atoms with Crippen LogP contribution in [0.2, 0.25) is 0 Å². The molecule has 1 aliphatic carbocycles. The van der Waals surface area contributed by atoms with Crippen LogP contribution in [0.3, 0.4) is 0 Å². The van der Waals surface area contributed by atoms with E-state index < -0.39 is 0 Å². The van der Waals surface area contributed by atoms with Crippen molar-refractivity contribution in [3.63, 3.8) is 0 Å². The lowest BCUT2D eigenvalue weighted by Gasteiger charge is -2.40. The molecule has 0 spiro atoms. The van der Waals surface area contributed by atoms with Gasteiger partial charge in [0.2, 0.25) is 0 Å². The fourth-order valence-electron chi connectivity index (χ4n) is 4.80. The number of rotatable bonds is 6. The molecule has 0 bridgehead atoms. The van der Waals surface area contributed by atoms with E-state index in [1.165, 1.54) is 32.1 Å². The predicted octanol–water partition coefficient (Wildman–Crippen LogP) is 3.04. The summed E-state index contributed by atoms with van der Waals surface area (Å²) in [6.07, 6.45) is 10.6. The minimum atomic E-state index is 0.0685. The van der Waals surface area contributed by atoms with Gasteiger partial charge in [0, 0.05) is 51.5 Å². The van der Waals surface area contributed by atoms with Gasteiger partial charge in [0.05, 0.1) is 5.69 Å². The average Bonchev–Trinajstić information content (AvgIpc) is 3.12. The Kier molecular flexibility index (Phi) is 6.31. The van der Waals surface area contributed by atoms with Crippen LogP contribution in [0.5, 0.6) is 0 Å². The average molecular weight is 396 g/mol. The number of aromatic nitrogens is 2. The molecule has 2 aromatic rings. The fourth-order valence-corrected chi connectivity index (χ4v) is 4.80. The molecule has 29 heavy (non-hydrogen) atoms. The van der Waals surface area contributed by atoms with E-state index in [2.05, 4.69) is 16.4 Å². The van der Waals surface area contributed by atoms with Crippen LogP contribution in [-0.2, 0) is 6.54 Å². The molecule has 1 aliphatic heterocycles. The van der Waals surface area contributed by atoms with Gasteiger partial charge in [-0.1, -0.05) is 31.4 Å². The second-order valence-electron chi connectivity index (χ2n) is 8.44. The van der Waals surface area contributed by atoms with Gasteiger partial charge in [0.1, 0.15) is 5.65 Å². The third-order valence-electron chi connectivity index (χ3n) is 6.38. The zero-order chi connectivity index (χ0) is 20.2. The van der Waals surface area contributed by atoms with Gasteiger partial charge in [-0.25, -0.2) is 4.98 Å². The van der Waals surface area contributed by atoms with Crippen LogP contribution in [0.25, 0.3) is 5.65 Å². The molecule has 2 aromatic heterocycles. The number of fused-ring (bicyclic) bond motifs is 1. The first kappa shape index (κ1) is 20.1. The summed E-state index contributed by atoms with van der Waals surface area (Å²) < 4.78 is 2.05. The van der Waals surface area contributed by atoms with E-state index >= 15 is 0 Å². The van der Waals surface area contributed by atoms with E-state index in [-0.39, 0.29) is 5.91 Å². The Morgan fingerprint density at radius 1 is 1.21 bits per heavy atom. The van der Waals surface area contributed by atoms with Crippen LogP contribution in [0.15, 0.2) is 37.1 Å². The SMILES string of the molecule is C=CCN(C)Cc1c(C(=O)N2CCN(C3CCCCC3)CC2)nc2ccccn12. The summed E-state index contributed by atoms with van der Waals surface area (Å²) in [6.45, 7) is 8.82. The van der Waals surface area contributed by atoms with Gasteiger partial charge in [-0.15, -0.1) is 6.58 Å². The minimum absolute atomic E-state index is 0.0685. The number of hydrogen-bond acceptors (Lipinski definition) is 4. The Bertz CT molecular complexity index is 846. The van der Waals surface area contributed by atoms with Gasteiger partial charge in [-0.2, -0.15) is 0 Å². The zero-order valence-corrected chi connectivity index (χ0v) is 17.6. The van der Waals surface area contributed by atoms with Crippen molar-refractivity contribution in [2.45, 2.75) is 44.7 Å². The first-order chi connectivity index (χ1) is 14.2. The largest absolute Gasteiger partial charge is 0.335 e. The summed E-state index contributed by atoms with van der Waals surface area (Å²) in [5.41, 5.74) is 2.39. The summed E-state index contributed by atoms with van der Waals surface area (Å²) in [7, 11) is 2.04. The quantitative estimate of drug-likeness (QED) is 0.705. The maximum absolute atomic E-state index is 13.4. The third kappa shape index (κ3) is 4.38. The van der Waals surface area contributed by atoms with Crippen LogP contribution in [-0.4, -0.2) is 75.8 Å². The van der Waals surface area contributed by atoms with Crippen LogP contribution >= 0.6 is 0 Å². The molecule has 1 saturated heterocycles. The molecule has 156 valence electrons. The number of pyridine rings is 1. The van der Waals surface area contributed by atoms with E-state index in [1.807, 2.05) is 46.8 Å². The standard InChI is InChI=1S/C23H33N5O/c1-3-12-25(2)18-20-22(24-21-11-7-8-13-28(20)21)23(29)27-16-14-26(15-17-27)19-9-5-4-6-10-19/h3,7-8,11,13,19H,1,4-6,9-10,12,14-18H2,2H3. The van der Waals surface area contributed by atoms with Crippen molar-refractivity contribution in [2.75, 3.05) is 39.8 Å². The van der Waals surface area contributed by atoms with Gasteiger partial charge in [-0.3, -0.25) is 14.6 Å². The van der Waals surface area contributed by atoms with Gasteiger partial charge in [0.15, 0.2) is 5.69 Å². The number of likely N-dealkylation sites (N-methyl/N-ethyl adjacent to an activating group) is 1. The van der Waals surface area contributed by atoms with E-state index in [0.29, 0.717) is 12.2 Å². The summed E-state index contributed by atoms with van der Waals surface area (Å²) in [5.74, 6) is 0.0685. The highest BCUT2D eigenvalue weighted by atomic mass is 16.2. The number of amides is 1. The lowest BCUT2D eigenvalue weighted by atomic mass is 9.94. The minimum Gasteiger partial charge on any atom is -0.335 e. The second kappa shape index (κ2) is 9.09. The first-order valence-electron chi connectivity index (χ1n) is 11.0. The number of nitrogens with zero attached hydrogens (tertiary/aromatic N) is 5. The van der Waals surface area contributed by atoms with Gasteiger partial charge in [0.25, 0.3) is 5.91 Å². The molecule has 6 nitrogen and oxygen atoms in total. The summed E-state index contributed by atoms with van der Waals surface area (Å²) in [5, 5.41) is 0. The Hall–Kier alpha value is -2.18. The van der Waals surface area contributed by atoms with E-state index in [9.17, 15) is 4.79 Å². The lowest BCUT2D eigenvalue weighted by Crippen LogP contribution is -2.52. The van der Waals surface area contributed by atoms with E-state index in [0.717, 1.165) is 50.1 Å². The predicted molar refractivity (Wildman–Crippen MR) is 116 cm³/mol. The number of imidazole rings is 1. The summed E-state index contributed by atoms with van der Waals surface area (Å²) >= 11 is 0. The van der Waals surface area contributed by atoms with Crippen LogP contribution < -0.4 is 0 Å². The molecule has 4 rings (SSSR count). The summed E-state index contributed by atoms with van der Waals surface area (Å²) in [6, 6.07) is 6.65. The Morgan fingerprint density at radius 2 is 1.97 bits per heavy atom. The number of piperazine rings is 1. The normalized spacial score (nSPS) is 19.2. The second-order valence-corrected chi connectivity index (χ2v) is 8.44. The first-order valence-corrected chi connectivity index (χ1v) is 11.0. The highest BCUT2D eigenvalue weighted by Gasteiger charge is 2.30. The van der Waals surface area contributed by atoms with Crippen LogP contribution in [0, 0.1) is 0 Å². The molecule has 6 heteroatoms. The van der Waals surface area contributed by atoms with Gasteiger partial charge in [-0.05, 0) is 32.0 Å². The lowest BCUT2D eigenvalue weighted by molar-refractivity contribution is 0.0517. The third-order valence-corrected chi connectivity index (χ3v) is 6.38. The van der Waals surface area contributed by atoms with E-state index in [4.69, 9.17) is 4.98 Å². The monoisotopic (exact) mass is 395 g/mol. The molecular weight excluding hydrogens is 362 g/mol. The molecule has 0 aromatic carbocycles. The number of carbonyl (C=O) groups is 1. The van der Waals surface area contributed by atoms with Crippen molar-refractivity contribution in [3.05, 3.63) is 48.4 Å². The molecule has 1 amide bonds. The molecule has 3 heterocycles. The Balaban J connectivity index is 1.50. The topological polar surface area (TPSA) is 44.1 Å². The maximum atomic E-state index is 13.4. The molecule has 0 radical (unpaired) electrons. The Labute approximate surface area is 173 Å². The van der Waals surface area contributed by atoms with Gasteiger partial charge < -0.3 is 9.30 Å². The molecule has 0 unspecified atom stereocenters. The van der Waals surface area contributed by atoms with Crippen molar-refractivity contribution >= 4 is 11.6 Å². The fraction of sp³-hybridized carbons (Fsp3) is 0.565. The van der Waals surface area contributed by atoms with Crippen LogP contribution in [0.1, 0.15) is 48.3 Å². The molecule has 2 aliphatic rings. The molecule has 0 atom stereocenters.